The Balaban J connectivity index is 2.51. The Morgan fingerprint density at radius 3 is 3.20 bits per heavy atom. The fraction of sp³-hybridized carbons (Fsp3) is 0.0909. The maximum Gasteiger partial charge on any atom is 0.0976 e. The predicted molar refractivity (Wildman–Crippen MR) is 68.2 cm³/mol. The number of aromatic nitrogens is 1. The molecule has 1 heterocycles. The lowest BCUT2D eigenvalue weighted by Crippen LogP contribution is -1.75. The Bertz CT molecular complexity index is 551. The largest absolute Gasteiger partial charge is 0.241 e. The molecule has 74 valence electrons. The zero-order chi connectivity index (χ0) is 10.7. The first-order valence-corrected chi connectivity index (χ1v) is 5.64. The normalized spacial score (nSPS) is 9.87. The SMILES string of the molecule is C=CCc1nc2ccc(N=C=S)cc2s1. The molecule has 4 heteroatoms. The van der Waals surface area contributed by atoms with Crippen LogP contribution in [0.5, 0.6) is 0 Å². The third kappa shape index (κ3) is 2.18. The Kier molecular flexibility index (Phi) is 3.02. The molecule has 0 aliphatic carbocycles. The molecule has 0 unspecified atom stereocenters. The lowest BCUT2D eigenvalue weighted by atomic mass is 10.3. The van der Waals surface area contributed by atoms with Crippen LogP contribution in [0, 0.1) is 0 Å². The summed E-state index contributed by atoms with van der Waals surface area (Å²) in [7, 11) is 0. The van der Waals surface area contributed by atoms with Crippen LogP contribution in [0.3, 0.4) is 0 Å². The fourth-order valence-electron chi connectivity index (χ4n) is 1.29. The molecule has 0 amide bonds. The number of fused-ring (bicyclic) bond motifs is 1. The van der Waals surface area contributed by atoms with Crippen LogP contribution >= 0.6 is 23.6 Å². The van der Waals surface area contributed by atoms with Crippen LogP contribution in [0.2, 0.25) is 0 Å². The molecule has 2 rings (SSSR count). The number of nitrogens with zero attached hydrogens (tertiary/aromatic N) is 2. The number of hydrogen-bond acceptors (Lipinski definition) is 4. The Morgan fingerprint density at radius 1 is 1.60 bits per heavy atom. The van der Waals surface area contributed by atoms with Gasteiger partial charge in [0.05, 0.1) is 26.1 Å². The van der Waals surface area contributed by atoms with Crippen LogP contribution in [0.1, 0.15) is 5.01 Å². The summed E-state index contributed by atoms with van der Waals surface area (Å²) in [6, 6.07) is 5.81. The Hall–Kier alpha value is -1.35. The molecule has 1 aromatic carbocycles. The molecule has 0 saturated carbocycles. The summed E-state index contributed by atoms with van der Waals surface area (Å²) in [5.74, 6) is 0. The third-order valence-corrected chi connectivity index (χ3v) is 3.04. The van der Waals surface area contributed by atoms with E-state index in [4.69, 9.17) is 0 Å². The summed E-state index contributed by atoms with van der Waals surface area (Å²) in [6.45, 7) is 3.70. The van der Waals surface area contributed by atoms with Gasteiger partial charge in [-0.05, 0) is 30.4 Å². The van der Waals surface area contributed by atoms with Gasteiger partial charge < -0.3 is 0 Å². The number of thiocarbonyl (C=S) groups is 1. The van der Waals surface area contributed by atoms with Crippen LogP contribution in [0.25, 0.3) is 10.2 Å². The minimum Gasteiger partial charge on any atom is -0.241 e. The van der Waals surface area contributed by atoms with Gasteiger partial charge in [0.25, 0.3) is 0 Å². The van der Waals surface area contributed by atoms with E-state index in [0.717, 1.165) is 27.3 Å². The number of hydrogen-bond donors (Lipinski definition) is 0. The summed E-state index contributed by atoms with van der Waals surface area (Å²) < 4.78 is 1.12. The van der Waals surface area contributed by atoms with Gasteiger partial charge in [-0.3, -0.25) is 0 Å². The van der Waals surface area contributed by atoms with Crippen LogP contribution in [0.4, 0.5) is 5.69 Å². The van der Waals surface area contributed by atoms with E-state index < -0.39 is 0 Å². The minimum atomic E-state index is 0.811. The minimum absolute atomic E-state index is 0.811. The smallest absolute Gasteiger partial charge is 0.0976 e. The third-order valence-electron chi connectivity index (χ3n) is 1.91. The number of thiazole rings is 1. The standard InChI is InChI=1S/C11H8N2S2/c1-2-3-11-13-9-5-4-8(12-7-14)6-10(9)15-11/h2,4-6H,1,3H2. The number of aliphatic imine (C=N–C) groups is 1. The van der Waals surface area contributed by atoms with Gasteiger partial charge in [0.1, 0.15) is 0 Å². The van der Waals surface area contributed by atoms with E-state index in [-0.39, 0.29) is 0 Å². The summed E-state index contributed by atoms with van der Waals surface area (Å²) in [5.41, 5.74) is 1.83. The van der Waals surface area contributed by atoms with Crippen molar-refractivity contribution in [2.45, 2.75) is 6.42 Å². The highest BCUT2D eigenvalue weighted by molar-refractivity contribution is 7.78. The number of isothiocyanates is 1. The predicted octanol–water partition coefficient (Wildman–Crippen LogP) is 3.76. The highest BCUT2D eigenvalue weighted by atomic mass is 32.1. The van der Waals surface area contributed by atoms with Crippen molar-refractivity contribution in [1.82, 2.24) is 4.98 Å². The van der Waals surface area contributed by atoms with Crippen LogP contribution in [-0.2, 0) is 6.42 Å². The lowest BCUT2D eigenvalue weighted by molar-refractivity contribution is 1.22. The highest BCUT2D eigenvalue weighted by Crippen LogP contribution is 2.26. The van der Waals surface area contributed by atoms with Crippen molar-refractivity contribution in [2.24, 2.45) is 4.99 Å². The molecule has 0 N–H and O–H groups in total. The van der Waals surface area contributed by atoms with Crippen LogP contribution in [0.15, 0.2) is 35.8 Å². The molecule has 0 spiro atoms. The first-order valence-electron chi connectivity index (χ1n) is 4.41. The number of rotatable bonds is 3. The second-order valence-corrected chi connectivity index (χ2v) is 4.25. The molecule has 0 saturated heterocycles. The van der Waals surface area contributed by atoms with Gasteiger partial charge in [0.15, 0.2) is 0 Å². The fourth-order valence-corrected chi connectivity index (χ4v) is 2.40. The molecule has 1 aromatic heterocycles. The van der Waals surface area contributed by atoms with Gasteiger partial charge in [0, 0.05) is 6.42 Å². The molecule has 2 nitrogen and oxygen atoms in total. The van der Waals surface area contributed by atoms with Gasteiger partial charge >= 0.3 is 0 Å². The average molecular weight is 232 g/mol. The van der Waals surface area contributed by atoms with E-state index in [2.05, 4.69) is 33.9 Å². The van der Waals surface area contributed by atoms with E-state index in [1.807, 2.05) is 24.3 Å². The van der Waals surface area contributed by atoms with Crippen molar-refractivity contribution >= 4 is 44.6 Å². The first-order chi connectivity index (χ1) is 7.33. The zero-order valence-electron chi connectivity index (χ0n) is 7.93. The summed E-state index contributed by atoms with van der Waals surface area (Å²) in [4.78, 5) is 8.40. The van der Waals surface area contributed by atoms with Gasteiger partial charge in [-0.25, -0.2) is 4.98 Å². The van der Waals surface area contributed by atoms with E-state index in [0.29, 0.717) is 0 Å². The van der Waals surface area contributed by atoms with Crippen LogP contribution in [-0.4, -0.2) is 10.1 Å². The summed E-state index contributed by atoms with van der Waals surface area (Å²) >= 11 is 6.22. The zero-order valence-corrected chi connectivity index (χ0v) is 9.57. The van der Waals surface area contributed by atoms with E-state index in [1.54, 1.807) is 11.3 Å². The molecular formula is C11H8N2S2. The van der Waals surface area contributed by atoms with Crippen molar-refractivity contribution in [3.8, 4) is 0 Å². The molecule has 0 bridgehead atoms. The van der Waals surface area contributed by atoms with Crippen molar-refractivity contribution in [3.63, 3.8) is 0 Å². The van der Waals surface area contributed by atoms with Crippen molar-refractivity contribution in [2.75, 3.05) is 0 Å². The lowest BCUT2D eigenvalue weighted by Gasteiger charge is -1.89. The van der Waals surface area contributed by atoms with Crippen molar-refractivity contribution in [3.05, 3.63) is 35.9 Å². The molecule has 2 aromatic rings. The van der Waals surface area contributed by atoms with Gasteiger partial charge in [-0.2, -0.15) is 4.99 Å². The van der Waals surface area contributed by atoms with E-state index in [9.17, 15) is 0 Å². The molecule has 15 heavy (non-hydrogen) atoms. The van der Waals surface area contributed by atoms with Crippen molar-refractivity contribution < 1.29 is 0 Å². The second-order valence-electron chi connectivity index (χ2n) is 2.96. The molecular weight excluding hydrogens is 224 g/mol. The van der Waals surface area contributed by atoms with E-state index >= 15 is 0 Å². The maximum atomic E-state index is 4.56. The van der Waals surface area contributed by atoms with Gasteiger partial charge in [-0.1, -0.05) is 6.08 Å². The molecule has 0 atom stereocenters. The van der Waals surface area contributed by atoms with E-state index in [1.165, 1.54) is 0 Å². The highest BCUT2D eigenvalue weighted by Gasteiger charge is 2.02. The number of benzene rings is 1. The average Bonchev–Trinajstić information content (AvgIpc) is 2.60. The molecule has 0 aliphatic rings. The summed E-state index contributed by atoms with van der Waals surface area (Å²) in [6.07, 6.45) is 2.67. The maximum absolute atomic E-state index is 4.56. The Labute approximate surface area is 97.0 Å². The van der Waals surface area contributed by atoms with Crippen molar-refractivity contribution in [1.29, 1.82) is 0 Å². The van der Waals surface area contributed by atoms with Crippen LogP contribution < -0.4 is 0 Å². The molecule has 0 fully saturated rings. The topological polar surface area (TPSA) is 25.2 Å². The second kappa shape index (κ2) is 4.45. The monoisotopic (exact) mass is 232 g/mol. The van der Waals surface area contributed by atoms with Gasteiger partial charge in [-0.15, -0.1) is 17.9 Å². The summed E-state index contributed by atoms with van der Waals surface area (Å²) in [5, 5.41) is 3.43. The first kappa shape index (κ1) is 10.2. The Morgan fingerprint density at radius 2 is 2.47 bits per heavy atom. The molecule has 0 aliphatic heterocycles. The molecule has 0 radical (unpaired) electrons. The quantitative estimate of drug-likeness (QED) is 0.457. The number of allylic oxidation sites excluding steroid dienone is 1. The van der Waals surface area contributed by atoms with Gasteiger partial charge in [0.2, 0.25) is 0 Å².